The van der Waals surface area contributed by atoms with Gasteiger partial charge in [-0.25, -0.2) is 0 Å². The first-order valence-corrected chi connectivity index (χ1v) is 4.12. The molecule has 72 valence electrons. The van der Waals surface area contributed by atoms with Crippen LogP contribution in [0.4, 0.5) is 5.82 Å². The highest BCUT2D eigenvalue weighted by Gasteiger charge is 2.16. The number of nitrogen functional groups attached to an aromatic ring is 1. The van der Waals surface area contributed by atoms with Crippen molar-refractivity contribution >= 4 is 11.7 Å². The molecule has 4 N–H and O–H groups in total. The first-order valence-electron chi connectivity index (χ1n) is 4.12. The van der Waals surface area contributed by atoms with E-state index in [-0.39, 0.29) is 11.8 Å². The van der Waals surface area contributed by atoms with Gasteiger partial charge in [0.25, 0.3) is 5.91 Å². The molecule has 0 bridgehead atoms. The molecule has 1 aromatic heterocycles. The molecule has 0 amide bonds. The molecule has 0 fully saturated rings. The summed E-state index contributed by atoms with van der Waals surface area (Å²) in [5.41, 5.74) is 11.7. The number of carbonyl (C=O) groups is 1. The fraction of sp³-hybridized carbons (Fsp3) is 0.500. The maximum atomic E-state index is 11.6. The Balaban J connectivity index is 2.94. The van der Waals surface area contributed by atoms with Crippen LogP contribution in [0.15, 0.2) is 6.07 Å². The van der Waals surface area contributed by atoms with E-state index in [4.69, 9.17) is 11.5 Å². The third kappa shape index (κ3) is 1.86. The largest absolute Gasteiger partial charge is 0.383 e. The van der Waals surface area contributed by atoms with E-state index in [0.29, 0.717) is 12.4 Å². The van der Waals surface area contributed by atoms with Crippen LogP contribution in [0.2, 0.25) is 0 Å². The lowest BCUT2D eigenvalue weighted by Crippen LogP contribution is -2.27. The number of hydrogen-bond donors (Lipinski definition) is 2. The van der Waals surface area contributed by atoms with Gasteiger partial charge in [0.1, 0.15) is 5.82 Å². The Morgan fingerprint density at radius 3 is 2.77 bits per heavy atom. The lowest BCUT2D eigenvalue weighted by molar-refractivity contribution is 0.0835. The molecule has 1 unspecified atom stereocenters. The number of aryl methyl sites for hydroxylation is 1. The monoisotopic (exact) mass is 182 g/mol. The van der Waals surface area contributed by atoms with Crippen LogP contribution in [0.3, 0.4) is 0 Å². The highest BCUT2D eigenvalue weighted by molar-refractivity contribution is 5.83. The van der Waals surface area contributed by atoms with Crippen molar-refractivity contribution in [2.24, 2.45) is 11.7 Å². The second-order valence-electron chi connectivity index (χ2n) is 3.10. The zero-order valence-electron chi connectivity index (χ0n) is 7.82. The van der Waals surface area contributed by atoms with E-state index in [1.54, 1.807) is 19.9 Å². The van der Waals surface area contributed by atoms with Gasteiger partial charge >= 0.3 is 0 Å². The van der Waals surface area contributed by atoms with Gasteiger partial charge in [0.2, 0.25) is 0 Å². The maximum absolute atomic E-state index is 11.6. The topological polar surface area (TPSA) is 86.9 Å². The predicted molar refractivity (Wildman–Crippen MR) is 50.2 cm³/mol. The molecule has 1 rings (SSSR count). The van der Waals surface area contributed by atoms with Gasteiger partial charge < -0.3 is 11.5 Å². The maximum Gasteiger partial charge on any atom is 0.252 e. The molecular weight excluding hydrogens is 168 g/mol. The van der Waals surface area contributed by atoms with Crippen molar-refractivity contribution in [3.8, 4) is 0 Å². The van der Waals surface area contributed by atoms with Crippen molar-refractivity contribution in [2.45, 2.75) is 13.8 Å². The number of aromatic nitrogens is 2. The molecule has 0 aliphatic heterocycles. The Hall–Kier alpha value is -1.36. The summed E-state index contributed by atoms with van der Waals surface area (Å²) in [5, 5.41) is 3.97. The zero-order chi connectivity index (χ0) is 10.0. The Morgan fingerprint density at radius 2 is 2.38 bits per heavy atom. The fourth-order valence-corrected chi connectivity index (χ4v) is 1.01. The summed E-state index contributed by atoms with van der Waals surface area (Å²) in [7, 11) is 0. The third-order valence-electron chi connectivity index (χ3n) is 1.84. The minimum atomic E-state index is -0.249. The van der Waals surface area contributed by atoms with Crippen molar-refractivity contribution in [3.05, 3.63) is 11.8 Å². The first-order chi connectivity index (χ1) is 6.06. The van der Waals surface area contributed by atoms with E-state index >= 15 is 0 Å². The van der Waals surface area contributed by atoms with Gasteiger partial charge in [-0.2, -0.15) is 9.78 Å². The summed E-state index contributed by atoms with van der Waals surface area (Å²) in [6, 6.07) is 1.65. The molecule has 1 heterocycles. The smallest absolute Gasteiger partial charge is 0.252 e. The average Bonchev–Trinajstić information content (AvgIpc) is 2.42. The summed E-state index contributed by atoms with van der Waals surface area (Å²) in [4.78, 5) is 11.6. The molecule has 0 aromatic carbocycles. The van der Waals surface area contributed by atoms with Gasteiger partial charge in [-0.05, 0) is 6.92 Å². The fourth-order valence-electron chi connectivity index (χ4n) is 1.01. The minimum Gasteiger partial charge on any atom is -0.383 e. The lowest BCUT2D eigenvalue weighted by Gasteiger charge is -2.07. The quantitative estimate of drug-likeness (QED) is 0.674. The summed E-state index contributed by atoms with van der Waals surface area (Å²) < 4.78 is 1.20. The van der Waals surface area contributed by atoms with Crippen molar-refractivity contribution < 1.29 is 4.79 Å². The van der Waals surface area contributed by atoms with Crippen LogP contribution in [0.5, 0.6) is 0 Å². The average molecular weight is 182 g/mol. The highest BCUT2D eigenvalue weighted by atomic mass is 16.2. The predicted octanol–water partition coefficient (Wildman–Crippen LogP) is 0.00872. The Morgan fingerprint density at radius 1 is 1.77 bits per heavy atom. The zero-order valence-corrected chi connectivity index (χ0v) is 7.82. The van der Waals surface area contributed by atoms with E-state index in [9.17, 15) is 4.79 Å². The number of nitrogens with two attached hydrogens (primary N) is 2. The third-order valence-corrected chi connectivity index (χ3v) is 1.84. The number of carbonyl (C=O) groups excluding carboxylic acids is 1. The molecule has 0 saturated heterocycles. The summed E-state index contributed by atoms with van der Waals surface area (Å²) in [6.45, 7) is 3.84. The summed E-state index contributed by atoms with van der Waals surface area (Å²) in [6.07, 6.45) is 0. The SMILES string of the molecule is Cc1cc(N)n(C(=O)C(C)CN)n1. The molecule has 13 heavy (non-hydrogen) atoms. The minimum absolute atomic E-state index is 0.159. The van der Waals surface area contributed by atoms with Crippen LogP contribution < -0.4 is 11.5 Å². The standard InChI is InChI=1S/C8H14N4O/c1-5(4-9)8(13)12-7(10)3-6(2)11-12/h3,5H,4,9-10H2,1-2H3. The molecular formula is C8H14N4O. The molecule has 0 spiro atoms. The highest BCUT2D eigenvalue weighted by Crippen LogP contribution is 2.08. The molecule has 0 aliphatic rings. The molecule has 0 aliphatic carbocycles. The Labute approximate surface area is 76.7 Å². The summed E-state index contributed by atoms with van der Waals surface area (Å²) in [5.74, 6) is -0.0440. The second kappa shape index (κ2) is 3.57. The van der Waals surface area contributed by atoms with E-state index < -0.39 is 0 Å². The first kappa shape index (κ1) is 9.73. The number of anilines is 1. The van der Waals surface area contributed by atoms with E-state index in [1.165, 1.54) is 4.68 Å². The van der Waals surface area contributed by atoms with Crippen LogP contribution in [0, 0.1) is 12.8 Å². The van der Waals surface area contributed by atoms with Crippen LogP contribution in [0.1, 0.15) is 17.4 Å². The summed E-state index contributed by atoms with van der Waals surface area (Å²) >= 11 is 0. The van der Waals surface area contributed by atoms with Gasteiger partial charge in [-0.1, -0.05) is 6.92 Å². The van der Waals surface area contributed by atoms with Crippen molar-refractivity contribution in [1.29, 1.82) is 0 Å². The second-order valence-corrected chi connectivity index (χ2v) is 3.10. The normalized spacial score (nSPS) is 12.8. The van der Waals surface area contributed by atoms with Gasteiger partial charge in [0.15, 0.2) is 0 Å². The Kier molecular flexibility index (Phi) is 2.67. The number of nitrogens with zero attached hydrogens (tertiary/aromatic N) is 2. The van der Waals surface area contributed by atoms with Gasteiger partial charge in [0, 0.05) is 18.5 Å². The van der Waals surface area contributed by atoms with Crippen molar-refractivity contribution in [1.82, 2.24) is 9.78 Å². The van der Waals surface area contributed by atoms with Gasteiger partial charge in [0.05, 0.1) is 5.69 Å². The molecule has 1 atom stereocenters. The molecule has 5 nitrogen and oxygen atoms in total. The lowest BCUT2D eigenvalue weighted by atomic mass is 10.2. The molecule has 5 heteroatoms. The van der Waals surface area contributed by atoms with Gasteiger partial charge in [-0.3, -0.25) is 4.79 Å². The molecule has 1 aromatic rings. The molecule has 0 saturated carbocycles. The van der Waals surface area contributed by atoms with Crippen LogP contribution in [-0.2, 0) is 0 Å². The van der Waals surface area contributed by atoms with E-state index in [1.807, 2.05) is 0 Å². The van der Waals surface area contributed by atoms with E-state index in [2.05, 4.69) is 5.10 Å². The van der Waals surface area contributed by atoms with Gasteiger partial charge in [-0.15, -0.1) is 0 Å². The van der Waals surface area contributed by atoms with Crippen LogP contribution in [0.25, 0.3) is 0 Å². The van der Waals surface area contributed by atoms with Crippen LogP contribution >= 0.6 is 0 Å². The Bertz CT molecular complexity index is 318. The van der Waals surface area contributed by atoms with Crippen LogP contribution in [-0.4, -0.2) is 22.2 Å². The number of hydrogen-bond acceptors (Lipinski definition) is 4. The number of rotatable bonds is 2. The molecule has 0 radical (unpaired) electrons. The van der Waals surface area contributed by atoms with Crippen molar-refractivity contribution in [2.75, 3.05) is 12.3 Å². The van der Waals surface area contributed by atoms with E-state index in [0.717, 1.165) is 5.69 Å². The van der Waals surface area contributed by atoms with Crippen molar-refractivity contribution in [3.63, 3.8) is 0 Å².